The zero-order valence-electron chi connectivity index (χ0n) is 9.02. The third-order valence-electron chi connectivity index (χ3n) is 3.23. The summed E-state index contributed by atoms with van der Waals surface area (Å²) in [5.74, 6) is -0.679. The Morgan fingerprint density at radius 2 is 1.94 bits per heavy atom. The molecule has 1 saturated carbocycles. The summed E-state index contributed by atoms with van der Waals surface area (Å²) < 4.78 is 0. The van der Waals surface area contributed by atoms with E-state index < -0.39 is 0 Å². The molecule has 1 aliphatic carbocycles. The van der Waals surface area contributed by atoms with Crippen LogP contribution in [0.4, 0.5) is 0 Å². The van der Waals surface area contributed by atoms with E-state index in [-0.39, 0.29) is 23.5 Å². The van der Waals surface area contributed by atoms with E-state index in [1.165, 1.54) is 11.3 Å². The van der Waals surface area contributed by atoms with Crippen molar-refractivity contribution in [2.75, 3.05) is 0 Å². The molecule has 1 aromatic rings. The smallest absolute Gasteiger partial charge is 0.221 e. The van der Waals surface area contributed by atoms with Crippen molar-refractivity contribution in [3.63, 3.8) is 0 Å². The number of thiophene rings is 1. The van der Waals surface area contributed by atoms with Crippen molar-refractivity contribution in [3.05, 3.63) is 22.4 Å². The fraction of sp³-hybridized carbons (Fsp3) is 0.500. The lowest BCUT2D eigenvalue weighted by Crippen LogP contribution is -2.36. The van der Waals surface area contributed by atoms with Gasteiger partial charge in [0.1, 0.15) is 0 Å². The maximum atomic E-state index is 12.2. The van der Waals surface area contributed by atoms with Gasteiger partial charge in [0.05, 0.1) is 4.88 Å². The lowest BCUT2D eigenvalue weighted by molar-refractivity contribution is -0.123. The first-order chi connectivity index (χ1) is 7.70. The Morgan fingerprint density at radius 3 is 2.50 bits per heavy atom. The number of carbonyl (C=O) groups is 2. The van der Waals surface area contributed by atoms with Gasteiger partial charge in [-0.3, -0.25) is 9.59 Å². The third-order valence-corrected chi connectivity index (χ3v) is 4.12. The molecule has 2 rings (SSSR count). The largest absolute Gasteiger partial charge is 0.369 e. The number of rotatable bonds is 3. The van der Waals surface area contributed by atoms with Crippen molar-refractivity contribution in [2.24, 2.45) is 17.6 Å². The second kappa shape index (κ2) is 4.78. The van der Waals surface area contributed by atoms with Gasteiger partial charge in [-0.05, 0) is 24.3 Å². The molecule has 3 nitrogen and oxygen atoms in total. The summed E-state index contributed by atoms with van der Waals surface area (Å²) in [7, 11) is 0. The number of primary amides is 1. The summed E-state index contributed by atoms with van der Waals surface area (Å²) in [4.78, 5) is 24.2. The van der Waals surface area contributed by atoms with Crippen molar-refractivity contribution in [1.29, 1.82) is 0 Å². The molecule has 1 fully saturated rings. The molecule has 4 heteroatoms. The number of amides is 1. The molecule has 0 radical (unpaired) electrons. The second-order valence-electron chi connectivity index (χ2n) is 4.24. The summed E-state index contributed by atoms with van der Waals surface area (Å²) in [6.45, 7) is 0. The molecule has 0 spiro atoms. The maximum absolute atomic E-state index is 12.2. The highest BCUT2D eigenvalue weighted by atomic mass is 32.1. The van der Waals surface area contributed by atoms with Crippen LogP contribution in [-0.4, -0.2) is 11.7 Å². The number of hydrogen-bond donors (Lipinski definition) is 1. The Hall–Kier alpha value is -1.16. The fourth-order valence-corrected chi connectivity index (χ4v) is 3.12. The van der Waals surface area contributed by atoms with Crippen LogP contribution in [0.3, 0.4) is 0 Å². The SMILES string of the molecule is NC(=O)[C@@H]1CCCC[C@@H]1C(=O)c1cccs1. The number of Topliss-reactive ketones (excluding diaryl/α,β-unsaturated/α-hetero) is 1. The normalized spacial score (nSPS) is 25.2. The molecule has 0 saturated heterocycles. The van der Waals surface area contributed by atoms with Crippen LogP contribution in [0.25, 0.3) is 0 Å². The average Bonchev–Trinajstić information content (AvgIpc) is 2.81. The monoisotopic (exact) mass is 237 g/mol. The van der Waals surface area contributed by atoms with Crippen molar-refractivity contribution < 1.29 is 9.59 Å². The number of ketones is 1. The molecule has 2 atom stereocenters. The minimum absolute atomic E-state index is 0.0958. The molecule has 0 aliphatic heterocycles. The summed E-state index contributed by atoms with van der Waals surface area (Å²) >= 11 is 1.44. The number of nitrogens with two attached hydrogens (primary N) is 1. The van der Waals surface area contributed by atoms with Crippen LogP contribution in [0.15, 0.2) is 17.5 Å². The van der Waals surface area contributed by atoms with Gasteiger partial charge in [-0.15, -0.1) is 11.3 Å². The lowest BCUT2D eigenvalue weighted by atomic mass is 9.76. The highest BCUT2D eigenvalue weighted by Crippen LogP contribution is 2.33. The van der Waals surface area contributed by atoms with E-state index in [4.69, 9.17) is 5.73 Å². The van der Waals surface area contributed by atoms with Gasteiger partial charge in [0.25, 0.3) is 0 Å². The van der Waals surface area contributed by atoms with Crippen LogP contribution in [0, 0.1) is 11.8 Å². The standard InChI is InChI=1S/C12H15NO2S/c13-12(15)9-5-2-1-4-8(9)11(14)10-6-3-7-16-10/h3,6-9H,1-2,4-5H2,(H2,13,15)/t8-,9+/m0/s1. The van der Waals surface area contributed by atoms with Gasteiger partial charge in [-0.1, -0.05) is 18.9 Å². The Kier molecular flexibility index (Phi) is 3.39. The van der Waals surface area contributed by atoms with Crippen LogP contribution >= 0.6 is 11.3 Å². The molecule has 1 amide bonds. The molecule has 2 N–H and O–H groups in total. The second-order valence-corrected chi connectivity index (χ2v) is 5.19. The van der Waals surface area contributed by atoms with Crippen molar-refractivity contribution >= 4 is 23.0 Å². The van der Waals surface area contributed by atoms with Gasteiger partial charge in [-0.2, -0.15) is 0 Å². The van der Waals surface area contributed by atoms with Crippen LogP contribution in [0.1, 0.15) is 35.4 Å². The van der Waals surface area contributed by atoms with Gasteiger partial charge < -0.3 is 5.73 Å². The first kappa shape index (κ1) is 11.3. The van der Waals surface area contributed by atoms with Crippen molar-refractivity contribution in [2.45, 2.75) is 25.7 Å². The topological polar surface area (TPSA) is 60.2 Å². The molecule has 1 heterocycles. The predicted octanol–water partition coefficient (Wildman–Crippen LogP) is 2.22. The Balaban J connectivity index is 2.17. The summed E-state index contributed by atoms with van der Waals surface area (Å²) in [5.41, 5.74) is 5.36. The van der Waals surface area contributed by atoms with Gasteiger partial charge in [-0.25, -0.2) is 0 Å². The summed E-state index contributed by atoms with van der Waals surface area (Å²) in [5, 5.41) is 1.88. The molecule has 86 valence electrons. The first-order valence-electron chi connectivity index (χ1n) is 5.57. The highest BCUT2D eigenvalue weighted by Gasteiger charge is 2.35. The Morgan fingerprint density at radius 1 is 1.25 bits per heavy atom. The van der Waals surface area contributed by atoms with E-state index in [1.54, 1.807) is 0 Å². The molecule has 0 bridgehead atoms. The lowest BCUT2D eigenvalue weighted by Gasteiger charge is -2.27. The molecule has 1 aromatic heterocycles. The highest BCUT2D eigenvalue weighted by molar-refractivity contribution is 7.12. The third kappa shape index (κ3) is 2.16. The van der Waals surface area contributed by atoms with Crippen molar-refractivity contribution in [1.82, 2.24) is 0 Å². The molecule has 0 aromatic carbocycles. The van der Waals surface area contributed by atoms with Gasteiger partial charge in [0.15, 0.2) is 5.78 Å². The Labute approximate surface area is 98.6 Å². The molecule has 0 unspecified atom stereocenters. The van der Waals surface area contributed by atoms with E-state index in [9.17, 15) is 9.59 Å². The zero-order valence-corrected chi connectivity index (χ0v) is 9.83. The predicted molar refractivity (Wildman–Crippen MR) is 63.3 cm³/mol. The average molecular weight is 237 g/mol. The number of hydrogen-bond acceptors (Lipinski definition) is 3. The van der Waals surface area contributed by atoms with Crippen LogP contribution in [-0.2, 0) is 4.79 Å². The zero-order chi connectivity index (χ0) is 11.5. The summed E-state index contributed by atoms with van der Waals surface area (Å²) in [6.07, 6.45) is 3.58. The summed E-state index contributed by atoms with van der Waals surface area (Å²) in [6, 6.07) is 3.68. The molecule has 16 heavy (non-hydrogen) atoms. The van der Waals surface area contributed by atoms with Gasteiger partial charge in [0, 0.05) is 11.8 Å². The van der Waals surface area contributed by atoms with Crippen LogP contribution in [0.2, 0.25) is 0 Å². The van der Waals surface area contributed by atoms with E-state index in [1.807, 2.05) is 17.5 Å². The quantitative estimate of drug-likeness (QED) is 0.819. The van der Waals surface area contributed by atoms with E-state index in [0.717, 1.165) is 30.6 Å². The minimum atomic E-state index is -0.324. The fourth-order valence-electron chi connectivity index (χ4n) is 2.39. The van der Waals surface area contributed by atoms with E-state index >= 15 is 0 Å². The van der Waals surface area contributed by atoms with E-state index in [0.29, 0.717) is 0 Å². The molecular formula is C12H15NO2S. The minimum Gasteiger partial charge on any atom is -0.369 e. The van der Waals surface area contributed by atoms with Gasteiger partial charge in [0.2, 0.25) is 5.91 Å². The van der Waals surface area contributed by atoms with Crippen molar-refractivity contribution in [3.8, 4) is 0 Å². The molecule has 1 aliphatic rings. The van der Waals surface area contributed by atoms with E-state index in [2.05, 4.69) is 0 Å². The Bertz CT molecular complexity index is 386. The molecular weight excluding hydrogens is 222 g/mol. The van der Waals surface area contributed by atoms with Crippen LogP contribution < -0.4 is 5.73 Å². The first-order valence-corrected chi connectivity index (χ1v) is 6.45. The van der Waals surface area contributed by atoms with Crippen LogP contribution in [0.5, 0.6) is 0 Å². The number of carbonyl (C=O) groups excluding carboxylic acids is 2. The maximum Gasteiger partial charge on any atom is 0.221 e. The van der Waals surface area contributed by atoms with Gasteiger partial charge >= 0.3 is 0 Å².